The van der Waals surface area contributed by atoms with Crippen molar-refractivity contribution in [2.45, 2.75) is 69.2 Å². The Morgan fingerprint density at radius 2 is 2.02 bits per heavy atom. The largest absolute Gasteiger partial charge is 0.463 e. The van der Waals surface area contributed by atoms with Gasteiger partial charge in [-0.15, -0.1) is 11.8 Å². The van der Waals surface area contributed by atoms with E-state index in [2.05, 4.69) is 25.3 Å². The molecular formula is C25H31N9O10S. The van der Waals surface area contributed by atoms with E-state index in [1.54, 1.807) is 0 Å². The Bertz CT molecular complexity index is 1650. The summed E-state index contributed by atoms with van der Waals surface area (Å²) in [6, 6.07) is -0.487. The Morgan fingerprint density at radius 1 is 1.24 bits per heavy atom. The molecule has 2 saturated heterocycles. The normalized spacial score (nSPS) is 23.1. The van der Waals surface area contributed by atoms with Gasteiger partial charge in [0.25, 0.3) is 5.56 Å². The van der Waals surface area contributed by atoms with Gasteiger partial charge in [0.1, 0.15) is 49.1 Å². The molecule has 0 spiro atoms. The standard InChI is InChI=1S/C25H31N9O10S/c1-12-8-34(25(40)30-22(12)37)18-7-15(31-32-27)16(43-18)9-41-20(36)4-3-14(28-13(2)35)23(38)42-10-21-44-19(11-45-21)33-6-5-17(26)29-24(33)39/h5-6,8,14-16,18-19,21H,3-4,7,9-11H2,1-2H3,(H,28,35)(H2,26,29,39)(H,30,37,40)/t14-,15-,16+,18+,19-,21+/m0/s1. The summed E-state index contributed by atoms with van der Waals surface area (Å²) in [5.41, 5.74) is 12.3. The van der Waals surface area contributed by atoms with Crippen LogP contribution in [0.15, 0.2) is 38.0 Å². The van der Waals surface area contributed by atoms with Crippen molar-refractivity contribution in [1.29, 1.82) is 0 Å². The molecule has 0 unspecified atom stereocenters. The number of nitrogens with zero attached hydrogens (tertiary/aromatic N) is 6. The Hall–Kier alpha value is -4.65. The first-order valence-corrected chi connectivity index (χ1v) is 14.7. The zero-order valence-electron chi connectivity index (χ0n) is 24.2. The number of rotatable bonds is 12. The summed E-state index contributed by atoms with van der Waals surface area (Å²) in [7, 11) is 0. The molecule has 2 aromatic heterocycles. The number of azide groups is 1. The van der Waals surface area contributed by atoms with E-state index < -0.39 is 70.9 Å². The number of aromatic nitrogens is 4. The molecule has 2 aliphatic rings. The molecule has 4 N–H and O–H groups in total. The first-order chi connectivity index (χ1) is 21.4. The van der Waals surface area contributed by atoms with Crippen LogP contribution in [0.5, 0.6) is 0 Å². The number of nitrogen functional groups attached to an aromatic ring is 1. The Morgan fingerprint density at radius 3 is 2.73 bits per heavy atom. The van der Waals surface area contributed by atoms with E-state index >= 15 is 0 Å². The maximum Gasteiger partial charge on any atom is 0.351 e. The molecule has 2 aromatic rings. The smallest absolute Gasteiger partial charge is 0.351 e. The van der Waals surface area contributed by atoms with E-state index in [1.165, 1.54) is 48.6 Å². The van der Waals surface area contributed by atoms with Gasteiger partial charge < -0.3 is 30.0 Å². The third-order valence-corrected chi connectivity index (χ3v) is 7.92. The number of nitrogens with two attached hydrogens (primary N) is 1. The van der Waals surface area contributed by atoms with Crippen molar-refractivity contribution in [3.05, 3.63) is 65.8 Å². The van der Waals surface area contributed by atoms with Crippen molar-refractivity contribution >= 4 is 35.4 Å². The summed E-state index contributed by atoms with van der Waals surface area (Å²) < 4.78 is 24.6. The van der Waals surface area contributed by atoms with Gasteiger partial charge >= 0.3 is 23.3 Å². The number of thioether (sulfide) groups is 1. The topological polar surface area (TPSA) is 265 Å². The molecule has 45 heavy (non-hydrogen) atoms. The number of nitrogens with one attached hydrogen (secondary N) is 2. The van der Waals surface area contributed by atoms with Gasteiger partial charge in [0.2, 0.25) is 5.91 Å². The predicted octanol–water partition coefficient (Wildman–Crippen LogP) is -0.390. The third kappa shape index (κ3) is 8.72. The number of anilines is 1. The minimum absolute atomic E-state index is 0.0776. The van der Waals surface area contributed by atoms with Gasteiger partial charge in [-0.05, 0) is 24.9 Å². The first-order valence-electron chi connectivity index (χ1n) is 13.7. The summed E-state index contributed by atoms with van der Waals surface area (Å²) in [4.78, 5) is 81.7. The summed E-state index contributed by atoms with van der Waals surface area (Å²) in [6.07, 6.45) is 0.0215. The molecule has 20 heteroatoms. The molecule has 2 fully saturated rings. The highest BCUT2D eigenvalue weighted by Gasteiger charge is 2.37. The van der Waals surface area contributed by atoms with Crippen LogP contribution >= 0.6 is 11.8 Å². The predicted molar refractivity (Wildman–Crippen MR) is 156 cm³/mol. The SMILES string of the molecule is CC(=O)N[C@@H](CCC(=O)OC[C@H]1O[C@@H](n2cc(C)c(=O)[nH]c2=O)C[C@@H]1N=[N+]=[N-])C(=O)OC[C@@H]1O[C@H](n2ccc(N)nc2=O)CS1. The van der Waals surface area contributed by atoms with E-state index in [9.17, 15) is 28.8 Å². The second kappa shape index (κ2) is 14.9. The molecule has 0 bridgehead atoms. The number of ether oxygens (including phenoxy) is 4. The Labute approximate surface area is 258 Å². The van der Waals surface area contributed by atoms with Crippen LogP contribution in [0.25, 0.3) is 10.4 Å². The molecular weight excluding hydrogens is 618 g/mol. The lowest BCUT2D eigenvalue weighted by Crippen LogP contribution is -2.42. The zero-order valence-corrected chi connectivity index (χ0v) is 25.0. The average molecular weight is 650 g/mol. The van der Waals surface area contributed by atoms with Crippen molar-refractivity contribution in [3.8, 4) is 0 Å². The van der Waals surface area contributed by atoms with Crippen LogP contribution in [-0.4, -0.2) is 79.5 Å². The van der Waals surface area contributed by atoms with Crippen LogP contribution in [0, 0.1) is 6.92 Å². The van der Waals surface area contributed by atoms with Crippen molar-refractivity contribution in [2.24, 2.45) is 5.11 Å². The first kappa shape index (κ1) is 33.2. The van der Waals surface area contributed by atoms with Crippen molar-refractivity contribution in [3.63, 3.8) is 0 Å². The second-order valence-corrected chi connectivity index (χ2v) is 11.3. The van der Waals surface area contributed by atoms with Gasteiger partial charge in [-0.2, -0.15) is 4.98 Å². The fourth-order valence-corrected chi connectivity index (χ4v) is 5.59. The molecule has 4 heterocycles. The Balaban J connectivity index is 1.27. The number of H-pyrrole nitrogens is 1. The monoisotopic (exact) mass is 649 g/mol. The highest BCUT2D eigenvalue weighted by molar-refractivity contribution is 8.00. The second-order valence-electron chi connectivity index (χ2n) is 10.1. The lowest BCUT2D eigenvalue weighted by Gasteiger charge is -2.19. The quantitative estimate of drug-likeness (QED) is 0.115. The molecule has 0 aliphatic carbocycles. The van der Waals surface area contributed by atoms with E-state index in [0.717, 1.165) is 4.57 Å². The lowest BCUT2D eigenvalue weighted by molar-refractivity contribution is -0.152. The van der Waals surface area contributed by atoms with E-state index in [0.29, 0.717) is 5.75 Å². The van der Waals surface area contributed by atoms with Crippen molar-refractivity contribution in [1.82, 2.24) is 24.4 Å². The van der Waals surface area contributed by atoms with Crippen LogP contribution in [0.3, 0.4) is 0 Å². The fourth-order valence-electron chi connectivity index (χ4n) is 4.60. The number of carbonyl (C=O) groups excluding carboxylic acids is 3. The number of carbonyl (C=O) groups is 3. The van der Waals surface area contributed by atoms with E-state index in [4.69, 9.17) is 30.2 Å². The molecule has 1 amide bonds. The highest BCUT2D eigenvalue weighted by Crippen LogP contribution is 2.32. The van der Waals surface area contributed by atoms with E-state index in [1.807, 2.05) is 0 Å². The van der Waals surface area contributed by atoms with Crippen molar-refractivity contribution in [2.75, 3.05) is 24.7 Å². The molecule has 0 saturated carbocycles. The van der Waals surface area contributed by atoms with Gasteiger partial charge in [-0.3, -0.25) is 28.5 Å². The summed E-state index contributed by atoms with van der Waals surface area (Å²) in [6.45, 7) is 2.21. The highest BCUT2D eigenvalue weighted by atomic mass is 32.2. The van der Waals surface area contributed by atoms with Crippen LogP contribution in [0.2, 0.25) is 0 Å². The zero-order chi connectivity index (χ0) is 32.7. The number of esters is 2. The number of hydrogen-bond acceptors (Lipinski definition) is 14. The molecule has 242 valence electrons. The number of aryl methyl sites for hydroxylation is 1. The number of amides is 1. The van der Waals surface area contributed by atoms with E-state index in [-0.39, 0.29) is 43.9 Å². The lowest BCUT2D eigenvalue weighted by atomic mass is 10.1. The maximum atomic E-state index is 12.8. The van der Waals surface area contributed by atoms with Gasteiger partial charge in [0.15, 0.2) is 0 Å². The van der Waals surface area contributed by atoms with Gasteiger partial charge in [-0.25, -0.2) is 14.4 Å². The van der Waals surface area contributed by atoms with Crippen LogP contribution in [0.4, 0.5) is 5.82 Å². The molecule has 0 radical (unpaired) electrons. The summed E-state index contributed by atoms with van der Waals surface area (Å²) in [5, 5.41) is 6.12. The number of hydrogen-bond donors (Lipinski definition) is 3. The van der Waals surface area contributed by atoms with Crippen LogP contribution in [0.1, 0.15) is 44.2 Å². The van der Waals surface area contributed by atoms with Crippen LogP contribution in [-0.2, 0) is 33.3 Å². The number of aromatic amines is 1. The molecule has 6 atom stereocenters. The molecule has 2 aliphatic heterocycles. The maximum absolute atomic E-state index is 12.8. The summed E-state index contributed by atoms with van der Waals surface area (Å²) in [5.74, 6) is -1.59. The Kier molecular flexibility index (Phi) is 11.0. The average Bonchev–Trinajstić information content (AvgIpc) is 3.62. The van der Waals surface area contributed by atoms with Crippen LogP contribution < -0.4 is 28.0 Å². The van der Waals surface area contributed by atoms with Gasteiger partial charge in [0, 0.05) is 48.4 Å². The summed E-state index contributed by atoms with van der Waals surface area (Å²) >= 11 is 1.31. The van der Waals surface area contributed by atoms with Crippen molar-refractivity contribution < 1.29 is 33.3 Å². The molecule has 4 rings (SSSR count). The van der Waals surface area contributed by atoms with Gasteiger partial charge in [-0.1, -0.05) is 5.11 Å². The molecule has 19 nitrogen and oxygen atoms in total. The minimum atomic E-state index is -1.17. The molecule has 0 aromatic carbocycles. The minimum Gasteiger partial charge on any atom is -0.463 e. The fraction of sp³-hybridized carbons (Fsp3) is 0.560. The third-order valence-electron chi connectivity index (χ3n) is 6.82. The van der Waals surface area contributed by atoms with Gasteiger partial charge in [0.05, 0.1) is 6.04 Å².